The third-order valence-electron chi connectivity index (χ3n) is 5.96. The first-order valence-corrected chi connectivity index (χ1v) is 11.5. The minimum atomic E-state index is -0.293. The van der Waals surface area contributed by atoms with E-state index >= 15 is 0 Å². The number of carbonyl (C=O) groups is 1. The van der Waals surface area contributed by atoms with E-state index < -0.39 is 0 Å². The number of rotatable bonds is 11. The Balaban J connectivity index is 1.98. The van der Waals surface area contributed by atoms with E-state index in [1.54, 1.807) is 12.1 Å². The number of esters is 1. The maximum atomic E-state index is 12.7. The lowest BCUT2D eigenvalue weighted by Crippen LogP contribution is -2.26. The van der Waals surface area contributed by atoms with Crippen LogP contribution >= 0.6 is 0 Å². The minimum Gasteiger partial charge on any atom is -0.492 e. The second-order valence-corrected chi connectivity index (χ2v) is 8.23. The van der Waals surface area contributed by atoms with E-state index in [4.69, 9.17) is 9.47 Å². The van der Waals surface area contributed by atoms with Gasteiger partial charge in [0.05, 0.1) is 12.5 Å². The molecule has 5 nitrogen and oxygen atoms in total. The fraction of sp³-hybridized carbons (Fsp3) is 0.640. The second kappa shape index (κ2) is 12.9. The maximum Gasteiger partial charge on any atom is 0.314 e. The molecule has 1 aromatic rings. The van der Waals surface area contributed by atoms with Gasteiger partial charge in [0, 0.05) is 0 Å². The second-order valence-electron chi connectivity index (χ2n) is 8.23. The van der Waals surface area contributed by atoms with Gasteiger partial charge in [-0.2, -0.15) is 10.5 Å². The van der Waals surface area contributed by atoms with E-state index in [1.807, 2.05) is 12.1 Å². The molecule has 0 aromatic heterocycles. The van der Waals surface area contributed by atoms with Gasteiger partial charge in [0.25, 0.3) is 0 Å². The molecule has 0 heterocycles. The lowest BCUT2D eigenvalue weighted by molar-refractivity contribution is -0.140. The Morgan fingerprint density at radius 3 is 2.17 bits per heavy atom. The van der Waals surface area contributed by atoms with Crippen molar-refractivity contribution in [3.05, 3.63) is 23.3 Å². The molecule has 1 saturated carbocycles. The largest absolute Gasteiger partial charge is 0.492 e. The molecule has 0 bridgehead atoms. The van der Waals surface area contributed by atoms with E-state index in [0.29, 0.717) is 18.3 Å². The summed E-state index contributed by atoms with van der Waals surface area (Å²) in [6, 6.07) is 7.26. The summed E-state index contributed by atoms with van der Waals surface area (Å²) in [5.74, 6) is 0.820. The molecular formula is C25H34N2O3. The Hall–Kier alpha value is -2.53. The van der Waals surface area contributed by atoms with Crippen LogP contribution < -0.4 is 9.47 Å². The van der Waals surface area contributed by atoms with Crippen LogP contribution in [0.1, 0.15) is 95.6 Å². The molecule has 0 N–H and O–H groups in total. The van der Waals surface area contributed by atoms with Crippen LogP contribution in [-0.2, 0) is 4.79 Å². The summed E-state index contributed by atoms with van der Waals surface area (Å²) in [7, 11) is 0. The summed E-state index contributed by atoms with van der Waals surface area (Å²) in [5.41, 5.74) is 0.214. The first kappa shape index (κ1) is 23.7. The average Bonchev–Trinajstić information content (AvgIpc) is 2.77. The van der Waals surface area contributed by atoms with Crippen molar-refractivity contribution in [3.63, 3.8) is 0 Å². The number of carbonyl (C=O) groups excluding carboxylic acids is 1. The number of nitriles is 2. The van der Waals surface area contributed by atoms with E-state index in [1.165, 1.54) is 25.7 Å². The third-order valence-corrected chi connectivity index (χ3v) is 5.96. The molecule has 0 saturated heterocycles. The van der Waals surface area contributed by atoms with Crippen molar-refractivity contribution in [1.82, 2.24) is 0 Å². The van der Waals surface area contributed by atoms with Gasteiger partial charge in [0.15, 0.2) is 0 Å². The zero-order valence-electron chi connectivity index (χ0n) is 18.4. The van der Waals surface area contributed by atoms with Crippen LogP contribution in [0, 0.1) is 34.5 Å². The van der Waals surface area contributed by atoms with Crippen LogP contribution in [0.5, 0.6) is 11.5 Å². The van der Waals surface area contributed by atoms with Crippen LogP contribution in [0.4, 0.5) is 0 Å². The Labute approximate surface area is 181 Å². The van der Waals surface area contributed by atoms with Crippen molar-refractivity contribution in [2.45, 2.75) is 84.5 Å². The molecule has 0 spiro atoms. The van der Waals surface area contributed by atoms with Gasteiger partial charge in [0.2, 0.25) is 0 Å². The van der Waals surface area contributed by atoms with E-state index in [9.17, 15) is 15.3 Å². The molecule has 1 fully saturated rings. The van der Waals surface area contributed by atoms with Gasteiger partial charge in [-0.05, 0) is 50.2 Å². The standard InChI is InChI=1S/C25H34N2O3/c1-3-5-7-9-19-10-12-20(13-11-19)25(28)30-24-15-14-23(29-16-8-6-4-2)21(17-26)22(24)18-27/h14-15,19-20H,3-13,16H2,1-2H3. The van der Waals surface area contributed by atoms with Gasteiger partial charge in [-0.25, -0.2) is 0 Å². The Kier molecular flexibility index (Phi) is 10.2. The van der Waals surface area contributed by atoms with Crippen molar-refractivity contribution in [3.8, 4) is 23.6 Å². The van der Waals surface area contributed by atoms with Crippen molar-refractivity contribution >= 4 is 5.97 Å². The number of hydrogen-bond donors (Lipinski definition) is 0. The zero-order chi connectivity index (χ0) is 21.8. The van der Waals surface area contributed by atoms with Gasteiger partial charge in [-0.3, -0.25) is 4.79 Å². The van der Waals surface area contributed by atoms with Crippen LogP contribution in [0.15, 0.2) is 12.1 Å². The molecule has 0 radical (unpaired) electrons. The van der Waals surface area contributed by atoms with E-state index in [2.05, 4.69) is 13.8 Å². The highest BCUT2D eigenvalue weighted by atomic mass is 16.5. The molecular weight excluding hydrogens is 376 g/mol. The molecule has 0 unspecified atom stereocenters. The first-order valence-electron chi connectivity index (χ1n) is 11.5. The summed E-state index contributed by atoms with van der Waals surface area (Å²) in [6.45, 7) is 4.82. The van der Waals surface area contributed by atoms with Crippen molar-refractivity contribution in [1.29, 1.82) is 10.5 Å². The van der Waals surface area contributed by atoms with Crippen molar-refractivity contribution < 1.29 is 14.3 Å². The quantitative estimate of drug-likeness (QED) is 0.243. The normalized spacial score (nSPS) is 18.3. The number of nitrogens with zero attached hydrogens (tertiary/aromatic N) is 2. The number of benzene rings is 1. The Morgan fingerprint density at radius 1 is 0.933 bits per heavy atom. The van der Waals surface area contributed by atoms with Gasteiger partial charge in [-0.1, -0.05) is 52.4 Å². The van der Waals surface area contributed by atoms with Crippen LogP contribution in [-0.4, -0.2) is 12.6 Å². The summed E-state index contributed by atoms with van der Waals surface area (Å²) >= 11 is 0. The smallest absolute Gasteiger partial charge is 0.314 e. The Morgan fingerprint density at radius 2 is 1.53 bits per heavy atom. The van der Waals surface area contributed by atoms with E-state index in [-0.39, 0.29) is 28.8 Å². The molecule has 30 heavy (non-hydrogen) atoms. The summed E-state index contributed by atoms with van der Waals surface area (Å²) in [4.78, 5) is 12.7. The molecule has 1 aliphatic carbocycles. The van der Waals surface area contributed by atoms with Crippen molar-refractivity contribution in [2.75, 3.05) is 6.61 Å². The topological polar surface area (TPSA) is 83.1 Å². The van der Waals surface area contributed by atoms with Crippen molar-refractivity contribution in [2.24, 2.45) is 11.8 Å². The SMILES string of the molecule is CCCCCOc1ccc(OC(=O)C2CCC(CCCCC)CC2)c(C#N)c1C#N. The number of ether oxygens (including phenoxy) is 2. The highest BCUT2D eigenvalue weighted by Gasteiger charge is 2.28. The van der Waals surface area contributed by atoms with Crippen LogP contribution in [0.3, 0.4) is 0 Å². The predicted octanol–water partition coefficient (Wildman–Crippen LogP) is 6.29. The highest BCUT2D eigenvalue weighted by Crippen LogP contribution is 2.35. The maximum absolute atomic E-state index is 12.7. The predicted molar refractivity (Wildman–Crippen MR) is 116 cm³/mol. The summed E-state index contributed by atoms with van der Waals surface area (Å²) in [5, 5.41) is 19.1. The lowest BCUT2D eigenvalue weighted by Gasteiger charge is -2.27. The molecule has 2 rings (SSSR count). The van der Waals surface area contributed by atoms with Gasteiger partial charge in [0.1, 0.15) is 34.8 Å². The average molecular weight is 411 g/mol. The lowest BCUT2D eigenvalue weighted by atomic mass is 9.80. The first-order chi connectivity index (χ1) is 14.6. The molecule has 5 heteroatoms. The van der Waals surface area contributed by atoms with Crippen LogP contribution in [0.25, 0.3) is 0 Å². The van der Waals surface area contributed by atoms with Crippen LogP contribution in [0.2, 0.25) is 0 Å². The number of unbranched alkanes of at least 4 members (excludes halogenated alkanes) is 4. The molecule has 1 aromatic carbocycles. The van der Waals surface area contributed by atoms with Gasteiger partial charge in [-0.15, -0.1) is 0 Å². The Bertz CT molecular complexity index is 768. The summed E-state index contributed by atoms with van der Waals surface area (Å²) in [6.07, 6.45) is 11.8. The monoisotopic (exact) mass is 410 g/mol. The molecule has 0 amide bonds. The molecule has 0 aliphatic heterocycles. The molecule has 0 atom stereocenters. The zero-order valence-corrected chi connectivity index (χ0v) is 18.4. The minimum absolute atomic E-state index is 0.0760. The molecule has 1 aliphatic rings. The third kappa shape index (κ3) is 6.77. The fourth-order valence-corrected chi connectivity index (χ4v) is 4.09. The highest BCUT2D eigenvalue weighted by molar-refractivity contribution is 5.77. The fourth-order valence-electron chi connectivity index (χ4n) is 4.09. The van der Waals surface area contributed by atoms with Gasteiger partial charge < -0.3 is 9.47 Å². The van der Waals surface area contributed by atoms with E-state index in [0.717, 1.165) is 44.9 Å². The summed E-state index contributed by atoms with van der Waals surface area (Å²) < 4.78 is 11.3. The molecule has 162 valence electrons. The number of hydrogen-bond acceptors (Lipinski definition) is 5. The van der Waals surface area contributed by atoms with Gasteiger partial charge >= 0.3 is 5.97 Å².